The van der Waals surface area contributed by atoms with E-state index in [1.54, 1.807) is 25.2 Å². The van der Waals surface area contributed by atoms with Gasteiger partial charge in [-0.05, 0) is 53.9 Å². The molecule has 6 nitrogen and oxygen atoms in total. The second kappa shape index (κ2) is 8.84. The molecule has 0 unspecified atom stereocenters. The van der Waals surface area contributed by atoms with E-state index >= 15 is 0 Å². The molecule has 3 aromatic carbocycles. The van der Waals surface area contributed by atoms with Crippen LogP contribution in [0.15, 0.2) is 71.6 Å². The third-order valence-corrected chi connectivity index (χ3v) is 7.53. The van der Waals surface area contributed by atoms with Crippen LogP contribution in [0.5, 0.6) is 5.75 Å². The molecule has 1 heterocycles. The number of anilines is 1. The fourth-order valence-corrected chi connectivity index (χ4v) is 5.63. The first-order valence-corrected chi connectivity index (χ1v) is 11.9. The summed E-state index contributed by atoms with van der Waals surface area (Å²) in [5.74, 6) is -0.0330. The lowest BCUT2D eigenvalue weighted by molar-refractivity contribution is 0.0781. The predicted octanol–water partition coefficient (Wildman–Crippen LogP) is 4.37. The van der Waals surface area contributed by atoms with E-state index in [0.29, 0.717) is 36.0 Å². The molecular formula is C24H23ClN2O4S. The maximum atomic E-state index is 13.4. The highest BCUT2D eigenvalue weighted by atomic mass is 35.5. The molecule has 0 atom stereocenters. The summed E-state index contributed by atoms with van der Waals surface area (Å²) < 4.78 is 33.6. The van der Waals surface area contributed by atoms with Gasteiger partial charge in [-0.15, -0.1) is 0 Å². The third kappa shape index (κ3) is 4.18. The van der Waals surface area contributed by atoms with Crippen molar-refractivity contribution in [1.29, 1.82) is 0 Å². The van der Waals surface area contributed by atoms with Crippen LogP contribution in [0.25, 0.3) is 0 Å². The Balaban J connectivity index is 1.66. The van der Waals surface area contributed by atoms with Crippen LogP contribution >= 0.6 is 11.6 Å². The fourth-order valence-electron chi connectivity index (χ4n) is 3.89. The van der Waals surface area contributed by atoms with E-state index < -0.39 is 10.0 Å². The van der Waals surface area contributed by atoms with E-state index in [0.717, 1.165) is 11.1 Å². The molecule has 1 aliphatic heterocycles. The quantitative estimate of drug-likeness (QED) is 0.536. The smallest absolute Gasteiger partial charge is 0.264 e. The van der Waals surface area contributed by atoms with Crippen molar-refractivity contribution >= 4 is 33.2 Å². The Hall–Kier alpha value is -3.03. The second-order valence-corrected chi connectivity index (χ2v) is 9.91. The van der Waals surface area contributed by atoms with E-state index in [1.165, 1.54) is 34.5 Å². The molecule has 1 aliphatic rings. The van der Waals surface area contributed by atoms with Crippen LogP contribution in [0.1, 0.15) is 21.5 Å². The van der Waals surface area contributed by atoms with Crippen LogP contribution in [-0.2, 0) is 23.0 Å². The van der Waals surface area contributed by atoms with Crippen molar-refractivity contribution < 1.29 is 17.9 Å². The molecule has 166 valence electrons. The number of methoxy groups -OCH3 is 1. The molecule has 32 heavy (non-hydrogen) atoms. The van der Waals surface area contributed by atoms with Gasteiger partial charge in [-0.1, -0.05) is 41.9 Å². The third-order valence-electron chi connectivity index (χ3n) is 5.49. The van der Waals surface area contributed by atoms with Crippen molar-refractivity contribution in [3.05, 3.63) is 88.4 Å². The van der Waals surface area contributed by atoms with E-state index in [1.807, 2.05) is 30.3 Å². The molecule has 0 saturated heterocycles. The van der Waals surface area contributed by atoms with Crippen molar-refractivity contribution in [1.82, 2.24) is 4.90 Å². The van der Waals surface area contributed by atoms with E-state index in [4.69, 9.17) is 16.3 Å². The van der Waals surface area contributed by atoms with Crippen LogP contribution in [0.2, 0.25) is 5.02 Å². The molecular weight excluding hydrogens is 448 g/mol. The largest absolute Gasteiger partial charge is 0.496 e. The van der Waals surface area contributed by atoms with E-state index in [2.05, 4.69) is 0 Å². The highest BCUT2D eigenvalue weighted by Crippen LogP contribution is 2.34. The number of fused-ring (bicyclic) bond motifs is 1. The number of halogens is 1. The van der Waals surface area contributed by atoms with Crippen molar-refractivity contribution in [2.75, 3.05) is 25.0 Å². The maximum Gasteiger partial charge on any atom is 0.264 e. The number of hydrogen-bond donors (Lipinski definition) is 0. The molecule has 0 saturated carbocycles. The summed E-state index contributed by atoms with van der Waals surface area (Å²) >= 11 is 6.05. The molecule has 0 aromatic heterocycles. The first-order chi connectivity index (χ1) is 15.3. The summed E-state index contributed by atoms with van der Waals surface area (Å²) in [6.07, 6.45) is 0.652. The average Bonchev–Trinajstić information content (AvgIpc) is 3.23. The number of amides is 1. The van der Waals surface area contributed by atoms with Crippen molar-refractivity contribution in [2.24, 2.45) is 0 Å². The second-order valence-electron chi connectivity index (χ2n) is 7.61. The number of nitrogens with zero attached hydrogens (tertiary/aromatic N) is 2. The average molecular weight is 471 g/mol. The highest BCUT2D eigenvalue weighted by Gasteiger charge is 2.32. The van der Waals surface area contributed by atoms with E-state index in [-0.39, 0.29) is 16.4 Å². The first kappa shape index (κ1) is 22.2. The van der Waals surface area contributed by atoms with Crippen LogP contribution in [-0.4, -0.2) is 39.9 Å². The molecule has 0 N–H and O–H groups in total. The minimum absolute atomic E-state index is 0.0505. The highest BCUT2D eigenvalue weighted by molar-refractivity contribution is 7.92. The number of rotatable bonds is 6. The fraction of sp³-hybridized carbons (Fsp3) is 0.208. The Morgan fingerprint density at radius 1 is 1.09 bits per heavy atom. The topological polar surface area (TPSA) is 66.9 Å². The zero-order valence-electron chi connectivity index (χ0n) is 17.8. The molecule has 0 aliphatic carbocycles. The van der Waals surface area contributed by atoms with Crippen LogP contribution in [0, 0.1) is 0 Å². The lowest BCUT2D eigenvalue weighted by atomic mass is 10.1. The van der Waals surface area contributed by atoms with Gasteiger partial charge in [-0.2, -0.15) is 0 Å². The number of carbonyl (C=O) groups excluding carboxylic acids is 1. The summed E-state index contributed by atoms with van der Waals surface area (Å²) in [6.45, 7) is 0.685. The Labute approximate surface area is 193 Å². The minimum atomic E-state index is -3.83. The molecule has 0 fully saturated rings. The standard InChI is InChI=1S/C24H23ClN2O4S/c1-26(16-17-6-5-8-19(25)14-17)24(28)21-15-20(10-11-23(21)31-2)32(29,30)27-13-12-18-7-3-4-9-22(18)27/h3-11,14-15H,12-13,16H2,1-2H3. The van der Waals surface area contributed by atoms with Gasteiger partial charge < -0.3 is 9.64 Å². The monoisotopic (exact) mass is 470 g/mol. The number of para-hydroxylation sites is 1. The Bertz CT molecular complexity index is 1280. The van der Waals surface area contributed by atoms with Gasteiger partial charge in [0.05, 0.1) is 23.3 Å². The van der Waals surface area contributed by atoms with Crippen molar-refractivity contribution in [3.63, 3.8) is 0 Å². The molecule has 0 spiro atoms. The number of hydrogen-bond acceptors (Lipinski definition) is 4. The van der Waals surface area contributed by atoms with Gasteiger partial charge in [0.15, 0.2) is 0 Å². The lowest BCUT2D eigenvalue weighted by Gasteiger charge is -2.22. The number of ether oxygens (including phenoxy) is 1. The van der Waals surface area contributed by atoms with Gasteiger partial charge in [-0.3, -0.25) is 9.10 Å². The predicted molar refractivity (Wildman–Crippen MR) is 125 cm³/mol. The first-order valence-electron chi connectivity index (χ1n) is 10.1. The maximum absolute atomic E-state index is 13.4. The molecule has 1 amide bonds. The SMILES string of the molecule is COc1ccc(S(=O)(=O)N2CCc3ccccc32)cc1C(=O)N(C)Cc1cccc(Cl)c1. The van der Waals surface area contributed by atoms with Crippen molar-refractivity contribution in [3.8, 4) is 5.75 Å². The van der Waals surface area contributed by atoms with Crippen LogP contribution in [0.4, 0.5) is 5.69 Å². The summed E-state index contributed by atoms with van der Waals surface area (Å²) in [4.78, 5) is 14.8. The normalized spacial score (nSPS) is 13.0. The van der Waals surface area contributed by atoms with Crippen LogP contribution in [0.3, 0.4) is 0 Å². The number of carbonyl (C=O) groups is 1. The summed E-state index contributed by atoms with van der Waals surface area (Å²) in [7, 11) is -0.728. The van der Waals surface area contributed by atoms with Crippen molar-refractivity contribution in [2.45, 2.75) is 17.9 Å². The summed E-state index contributed by atoms with van der Waals surface area (Å²) in [5, 5.41) is 0.583. The zero-order valence-corrected chi connectivity index (χ0v) is 19.4. The minimum Gasteiger partial charge on any atom is -0.496 e. The Kier molecular flexibility index (Phi) is 6.13. The number of sulfonamides is 1. The summed E-state index contributed by atoms with van der Waals surface area (Å²) in [6, 6.07) is 19.1. The van der Waals surface area contributed by atoms with Gasteiger partial charge in [0.2, 0.25) is 0 Å². The molecule has 3 aromatic rings. The lowest BCUT2D eigenvalue weighted by Crippen LogP contribution is -2.30. The molecule has 8 heteroatoms. The Morgan fingerprint density at radius 2 is 1.88 bits per heavy atom. The van der Waals surface area contributed by atoms with Gasteiger partial charge in [0.1, 0.15) is 5.75 Å². The van der Waals surface area contributed by atoms with E-state index in [9.17, 15) is 13.2 Å². The summed E-state index contributed by atoms with van der Waals surface area (Å²) in [5.41, 5.74) is 2.71. The molecule has 4 rings (SSSR count). The van der Waals surface area contributed by atoms with Gasteiger partial charge in [-0.25, -0.2) is 8.42 Å². The van der Waals surface area contributed by atoms with Gasteiger partial charge >= 0.3 is 0 Å². The molecule has 0 bridgehead atoms. The van der Waals surface area contributed by atoms with Gasteiger partial charge in [0, 0.05) is 25.2 Å². The molecule has 0 radical (unpaired) electrons. The van der Waals surface area contributed by atoms with Gasteiger partial charge in [0.25, 0.3) is 15.9 Å². The zero-order chi connectivity index (χ0) is 22.9. The number of benzene rings is 3. The van der Waals surface area contributed by atoms with Crippen LogP contribution < -0.4 is 9.04 Å². The Morgan fingerprint density at radius 3 is 2.62 bits per heavy atom.